The number of rotatable bonds is 7. The van der Waals surface area contributed by atoms with Crippen LogP contribution in [0.3, 0.4) is 0 Å². The van der Waals surface area contributed by atoms with Gasteiger partial charge in [0.1, 0.15) is 0 Å². The van der Waals surface area contributed by atoms with Gasteiger partial charge in [-0.3, -0.25) is 4.79 Å². The van der Waals surface area contributed by atoms with E-state index in [9.17, 15) is 13.2 Å². The summed E-state index contributed by atoms with van der Waals surface area (Å²) in [7, 11) is -3.17. The molecule has 0 aromatic heterocycles. The maximum atomic E-state index is 11.6. The van der Waals surface area contributed by atoms with Crippen molar-refractivity contribution in [2.45, 2.75) is 24.4 Å². The van der Waals surface area contributed by atoms with Gasteiger partial charge in [-0.05, 0) is 24.6 Å². The third kappa shape index (κ3) is 5.14. The number of hydrogen-bond donors (Lipinski definition) is 2. The Morgan fingerprint density at radius 3 is 2.45 bits per heavy atom. The highest BCUT2D eigenvalue weighted by Gasteiger charge is 2.11. The predicted molar refractivity (Wildman–Crippen MR) is 79.1 cm³/mol. The lowest BCUT2D eigenvalue weighted by Gasteiger charge is -2.13. The van der Waals surface area contributed by atoms with Crippen molar-refractivity contribution in [1.29, 1.82) is 0 Å². The summed E-state index contributed by atoms with van der Waals surface area (Å²) in [5.74, 6) is -0.0994. The first-order chi connectivity index (χ1) is 9.34. The van der Waals surface area contributed by atoms with Crippen molar-refractivity contribution in [3.05, 3.63) is 42.5 Å². The van der Waals surface area contributed by atoms with E-state index >= 15 is 0 Å². The molecule has 1 amide bonds. The van der Waals surface area contributed by atoms with Crippen LogP contribution < -0.4 is 10.6 Å². The normalized spacial score (nSPS) is 12.7. The molecule has 0 radical (unpaired) electrons. The molecule has 6 heteroatoms. The van der Waals surface area contributed by atoms with Crippen LogP contribution in [0.5, 0.6) is 0 Å². The third-order valence-corrected chi connectivity index (χ3v) is 3.91. The Balaban J connectivity index is 2.54. The van der Waals surface area contributed by atoms with E-state index in [1.54, 1.807) is 37.3 Å². The van der Waals surface area contributed by atoms with Crippen LogP contribution in [-0.2, 0) is 21.2 Å². The van der Waals surface area contributed by atoms with Crippen molar-refractivity contribution in [2.75, 3.05) is 12.8 Å². The van der Waals surface area contributed by atoms with E-state index in [0.29, 0.717) is 13.1 Å². The van der Waals surface area contributed by atoms with Gasteiger partial charge in [-0.2, -0.15) is 0 Å². The number of amides is 1. The van der Waals surface area contributed by atoms with Crippen molar-refractivity contribution in [3.8, 4) is 0 Å². The molecular formula is C14H20N2O3S. The number of benzene rings is 1. The van der Waals surface area contributed by atoms with Crippen LogP contribution in [0.15, 0.2) is 41.8 Å². The summed E-state index contributed by atoms with van der Waals surface area (Å²) in [5, 5.41) is 5.77. The lowest BCUT2D eigenvalue weighted by molar-refractivity contribution is -0.122. The highest BCUT2D eigenvalue weighted by molar-refractivity contribution is 7.90. The van der Waals surface area contributed by atoms with Gasteiger partial charge in [-0.1, -0.05) is 18.2 Å². The fourth-order valence-electron chi connectivity index (χ4n) is 1.54. The number of sulfone groups is 1. The predicted octanol–water partition coefficient (Wildman–Crippen LogP) is 0.870. The molecule has 1 aromatic rings. The maximum Gasteiger partial charge on any atom is 0.237 e. The van der Waals surface area contributed by atoms with Gasteiger partial charge in [-0.15, -0.1) is 6.58 Å². The summed E-state index contributed by atoms with van der Waals surface area (Å²) < 4.78 is 22.6. The number of hydrogen-bond acceptors (Lipinski definition) is 4. The molecule has 0 aliphatic rings. The molecule has 0 heterocycles. The van der Waals surface area contributed by atoms with E-state index in [0.717, 1.165) is 5.56 Å². The highest BCUT2D eigenvalue weighted by atomic mass is 32.2. The lowest BCUT2D eigenvalue weighted by atomic mass is 10.2. The average molecular weight is 296 g/mol. The van der Waals surface area contributed by atoms with Crippen LogP contribution in [0.4, 0.5) is 0 Å². The third-order valence-electron chi connectivity index (χ3n) is 2.78. The topological polar surface area (TPSA) is 75.3 Å². The van der Waals surface area contributed by atoms with E-state index in [-0.39, 0.29) is 16.8 Å². The Hall–Kier alpha value is -1.66. The first-order valence-electron chi connectivity index (χ1n) is 6.25. The van der Waals surface area contributed by atoms with Gasteiger partial charge in [0.2, 0.25) is 5.91 Å². The number of nitrogens with one attached hydrogen (secondary N) is 2. The van der Waals surface area contributed by atoms with Crippen LogP contribution in [0.25, 0.3) is 0 Å². The van der Waals surface area contributed by atoms with E-state index in [1.807, 2.05) is 0 Å². The minimum Gasteiger partial charge on any atom is -0.351 e. The molecule has 20 heavy (non-hydrogen) atoms. The van der Waals surface area contributed by atoms with Crippen LogP contribution in [-0.4, -0.2) is 33.2 Å². The van der Waals surface area contributed by atoms with Crippen LogP contribution in [0, 0.1) is 0 Å². The van der Waals surface area contributed by atoms with E-state index < -0.39 is 9.84 Å². The molecule has 0 fully saturated rings. The summed E-state index contributed by atoms with van der Waals surface area (Å²) in [6.07, 6.45) is 2.79. The molecule has 110 valence electrons. The second-order valence-electron chi connectivity index (χ2n) is 4.55. The van der Waals surface area contributed by atoms with E-state index in [4.69, 9.17) is 0 Å². The zero-order valence-electron chi connectivity index (χ0n) is 11.7. The molecule has 1 atom stereocenters. The molecule has 0 spiro atoms. The summed E-state index contributed by atoms with van der Waals surface area (Å²) >= 11 is 0. The summed E-state index contributed by atoms with van der Waals surface area (Å²) in [5.41, 5.74) is 0.917. The van der Waals surface area contributed by atoms with Crippen molar-refractivity contribution >= 4 is 15.7 Å². The van der Waals surface area contributed by atoms with Gasteiger partial charge >= 0.3 is 0 Å². The largest absolute Gasteiger partial charge is 0.351 e. The lowest BCUT2D eigenvalue weighted by Crippen LogP contribution is -2.41. The molecule has 0 aliphatic heterocycles. The van der Waals surface area contributed by atoms with Crippen molar-refractivity contribution in [1.82, 2.24) is 10.6 Å². The number of carbonyl (C=O) groups excluding carboxylic acids is 1. The molecule has 0 bridgehead atoms. The average Bonchev–Trinajstić information content (AvgIpc) is 2.41. The van der Waals surface area contributed by atoms with Crippen LogP contribution >= 0.6 is 0 Å². The second-order valence-corrected chi connectivity index (χ2v) is 6.57. The van der Waals surface area contributed by atoms with Crippen molar-refractivity contribution in [2.24, 2.45) is 0 Å². The van der Waals surface area contributed by atoms with Crippen LogP contribution in [0.1, 0.15) is 12.5 Å². The Morgan fingerprint density at radius 2 is 1.95 bits per heavy atom. The molecule has 2 N–H and O–H groups in total. The molecule has 5 nitrogen and oxygen atoms in total. The van der Waals surface area contributed by atoms with Gasteiger partial charge in [0.25, 0.3) is 0 Å². The van der Waals surface area contributed by atoms with Crippen molar-refractivity contribution in [3.63, 3.8) is 0 Å². The van der Waals surface area contributed by atoms with Gasteiger partial charge < -0.3 is 10.6 Å². The Labute approximate surface area is 120 Å². The smallest absolute Gasteiger partial charge is 0.237 e. The second kappa shape index (κ2) is 7.21. The summed E-state index contributed by atoms with van der Waals surface area (Å²) in [4.78, 5) is 11.9. The zero-order chi connectivity index (χ0) is 15.2. The van der Waals surface area contributed by atoms with E-state index in [2.05, 4.69) is 17.2 Å². The summed E-state index contributed by atoms with van der Waals surface area (Å²) in [6.45, 7) is 6.23. The Kier molecular flexibility index (Phi) is 5.91. The molecule has 0 aliphatic carbocycles. The molecular weight excluding hydrogens is 276 g/mol. The molecule has 1 aromatic carbocycles. The van der Waals surface area contributed by atoms with Gasteiger partial charge in [-0.25, -0.2) is 8.42 Å². The first kappa shape index (κ1) is 16.4. The summed E-state index contributed by atoms with van der Waals surface area (Å²) in [6, 6.07) is 6.27. The van der Waals surface area contributed by atoms with Gasteiger partial charge in [0.15, 0.2) is 9.84 Å². The van der Waals surface area contributed by atoms with E-state index in [1.165, 1.54) is 6.26 Å². The highest BCUT2D eigenvalue weighted by Crippen LogP contribution is 2.10. The maximum absolute atomic E-state index is 11.6. The Morgan fingerprint density at radius 1 is 1.35 bits per heavy atom. The standard InChI is InChI=1S/C14H20N2O3S/c1-4-9-15-14(17)11(2)16-10-12-5-7-13(8-6-12)20(3,18)19/h4-8,11,16H,1,9-10H2,2-3H3,(H,15,17). The molecule has 0 saturated heterocycles. The fourth-order valence-corrected chi connectivity index (χ4v) is 2.17. The fraction of sp³-hybridized carbons (Fsp3) is 0.357. The molecule has 0 saturated carbocycles. The van der Waals surface area contributed by atoms with Gasteiger partial charge in [0.05, 0.1) is 10.9 Å². The van der Waals surface area contributed by atoms with Gasteiger partial charge in [0, 0.05) is 19.3 Å². The molecule has 1 unspecified atom stereocenters. The van der Waals surface area contributed by atoms with Crippen molar-refractivity contribution < 1.29 is 13.2 Å². The minimum absolute atomic E-state index is 0.0994. The zero-order valence-corrected chi connectivity index (χ0v) is 12.5. The quantitative estimate of drug-likeness (QED) is 0.732. The minimum atomic E-state index is -3.17. The molecule has 1 rings (SSSR count). The van der Waals surface area contributed by atoms with Crippen LogP contribution in [0.2, 0.25) is 0 Å². The SMILES string of the molecule is C=CCNC(=O)C(C)NCc1ccc(S(C)(=O)=O)cc1. The first-order valence-corrected chi connectivity index (χ1v) is 8.14. The Bertz CT molecular complexity index is 565. The number of carbonyl (C=O) groups is 1. The monoisotopic (exact) mass is 296 g/mol.